The standard InChI is InChI=1S/C28H19Br2Cl2NO4/c1-13-22(28(35)36-2)23(24-25(33-13)16-5-3-4-6-17(16)26(24)34)15-10-18(29)27(19(30)11-15)37-12-14-7-8-20(31)21(32)9-14/h3-11,23,33H,12H2,1-2H3/t23-/m0/s1. The van der Waals surface area contributed by atoms with Gasteiger partial charge in [0.25, 0.3) is 0 Å². The van der Waals surface area contributed by atoms with E-state index < -0.39 is 11.9 Å². The Labute approximate surface area is 240 Å². The number of allylic oxidation sites excluding steroid dienone is 2. The third kappa shape index (κ3) is 4.63. The van der Waals surface area contributed by atoms with Crippen LogP contribution in [0.5, 0.6) is 5.75 Å². The van der Waals surface area contributed by atoms with Crippen LogP contribution in [0, 0.1) is 0 Å². The van der Waals surface area contributed by atoms with Gasteiger partial charge in [0.2, 0.25) is 0 Å². The predicted molar refractivity (Wildman–Crippen MR) is 151 cm³/mol. The lowest BCUT2D eigenvalue weighted by molar-refractivity contribution is -0.136. The van der Waals surface area contributed by atoms with E-state index >= 15 is 0 Å². The molecule has 1 aliphatic heterocycles. The van der Waals surface area contributed by atoms with E-state index in [0.29, 0.717) is 52.8 Å². The predicted octanol–water partition coefficient (Wildman–Crippen LogP) is 7.84. The van der Waals surface area contributed by atoms with Crippen molar-refractivity contribution in [2.45, 2.75) is 19.4 Å². The SMILES string of the molecule is COC(=O)C1=C(C)NC2=C(C(=O)c3ccccc32)[C@H]1c1cc(Br)c(OCc2ccc(Cl)c(Cl)c2)c(Br)c1. The Balaban J connectivity index is 1.56. The number of carbonyl (C=O) groups excluding carboxylic acids is 2. The Morgan fingerprint density at radius 1 is 1.00 bits per heavy atom. The quantitative estimate of drug-likeness (QED) is 0.282. The van der Waals surface area contributed by atoms with E-state index in [-0.39, 0.29) is 12.4 Å². The molecule has 9 heteroatoms. The van der Waals surface area contributed by atoms with Crippen LogP contribution in [0.3, 0.4) is 0 Å². The van der Waals surface area contributed by atoms with Crippen LogP contribution in [0.4, 0.5) is 0 Å². The Hall–Kier alpha value is -2.58. The van der Waals surface area contributed by atoms with Crippen molar-refractivity contribution in [3.8, 4) is 5.75 Å². The topological polar surface area (TPSA) is 64.6 Å². The summed E-state index contributed by atoms with van der Waals surface area (Å²) >= 11 is 19.4. The van der Waals surface area contributed by atoms with Gasteiger partial charge in [-0.05, 0) is 74.2 Å². The van der Waals surface area contributed by atoms with Crippen molar-refractivity contribution in [3.63, 3.8) is 0 Å². The molecule has 1 aliphatic carbocycles. The van der Waals surface area contributed by atoms with E-state index in [0.717, 1.165) is 16.7 Å². The molecule has 0 fully saturated rings. The summed E-state index contributed by atoms with van der Waals surface area (Å²) in [6.07, 6.45) is 0. The highest BCUT2D eigenvalue weighted by Gasteiger charge is 2.43. The maximum atomic E-state index is 13.6. The van der Waals surface area contributed by atoms with Crippen LogP contribution < -0.4 is 10.1 Å². The van der Waals surface area contributed by atoms with Crippen molar-refractivity contribution in [2.75, 3.05) is 7.11 Å². The van der Waals surface area contributed by atoms with Gasteiger partial charge in [-0.1, -0.05) is 53.5 Å². The first kappa shape index (κ1) is 26.0. The Morgan fingerprint density at radius 2 is 1.68 bits per heavy atom. The van der Waals surface area contributed by atoms with Crippen LogP contribution in [-0.2, 0) is 16.1 Å². The maximum Gasteiger partial charge on any atom is 0.336 e. The fourth-order valence-electron chi connectivity index (χ4n) is 4.71. The van der Waals surface area contributed by atoms with Gasteiger partial charge in [-0.2, -0.15) is 0 Å². The fraction of sp³-hybridized carbons (Fsp3) is 0.143. The van der Waals surface area contributed by atoms with E-state index in [9.17, 15) is 9.59 Å². The van der Waals surface area contributed by atoms with Crippen LogP contribution in [0.1, 0.15) is 39.9 Å². The zero-order valence-corrected chi connectivity index (χ0v) is 24.3. The Bertz CT molecular complexity index is 1520. The molecule has 0 unspecified atom stereocenters. The van der Waals surface area contributed by atoms with Gasteiger partial charge in [-0.25, -0.2) is 4.79 Å². The minimum Gasteiger partial charge on any atom is -0.487 e. The number of benzene rings is 3. The Morgan fingerprint density at radius 3 is 2.32 bits per heavy atom. The smallest absolute Gasteiger partial charge is 0.336 e. The molecule has 0 saturated carbocycles. The Kier molecular flexibility index (Phi) is 7.24. The summed E-state index contributed by atoms with van der Waals surface area (Å²) in [5.74, 6) is -0.693. The van der Waals surface area contributed by atoms with E-state index in [1.807, 2.05) is 43.3 Å². The second kappa shape index (κ2) is 10.3. The van der Waals surface area contributed by atoms with Gasteiger partial charge in [0.1, 0.15) is 12.4 Å². The molecule has 0 bridgehead atoms. The molecule has 1 N–H and O–H groups in total. The first-order valence-corrected chi connectivity index (χ1v) is 13.6. The van der Waals surface area contributed by atoms with E-state index in [1.165, 1.54) is 7.11 Å². The van der Waals surface area contributed by atoms with Gasteiger partial charge >= 0.3 is 5.97 Å². The molecule has 188 valence electrons. The average molecular weight is 664 g/mol. The van der Waals surface area contributed by atoms with E-state index in [2.05, 4.69) is 37.2 Å². The highest BCUT2D eigenvalue weighted by molar-refractivity contribution is 9.11. The zero-order valence-electron chi connectivity index (χ0n) is 19.6. The lowest BCUT2D eigenvalue weighted by Gasteiger charge is -2.29. The fourth-order valence-corrected chi connectivity index (χ4v) is 6.48. The van der Waals surface area contributed by atoms with E-state index in [1.54, 1.807) is 18.2 Å². The first-order valence-electron chi connectivity index (χ1n) is 11.2. The molecule has 0 saturated heterocycles. The number of fused-ring (bicyclic) bond motifs is 2. The van der Waals surface area contributed by atoms with E-state index in [4.69, 9.17) is 32.7 Å². The van der Waals surface area contributed by atoms with Gasteiger partial charge in [0.15, 0.2) is 5.78 Å². The number of ketones is 1. The molecule has 0 radical (unpaired) electrons. The summed E-state index contributed by atoms with van der Waals surface area (Å²) in [4.78, 5) is 26.5. The molecule has 1 atom stereocenters. The van der Waals surface area contributed by atoms with Gasteiger partial charge in [0.05, 0.1) is 37.4 Å². The zero-order chi connectivity index (χ0) is 26.4. The normalized spacial score (nSPS) is 16.4. The average Bonchev–Trinajstić information content (AvgIpc) is 3.15. The minimum atomic E-state index is -0.639. The number of nitrogens with one attached hydrogen (secondary N) is 1. The van der Waals surface area contributed by atoms with Crippen molar-refractivity contribution in [2.24, 2.45) is 0 Å². The number of hydrogen-bond donors (Lipinski definition) is 1. The monoisotopic (exact) mass is 661 g/mol. The highest BCUT2D eigenvalue weighted by atomic mass is 79.9. The second-order valence-corrected chi connectivity index (χ2v) is 11.1. The summed E-state index contributed by atoms with van der Waals surface area (Å²) in [7, 11) is 1.33. The minimum absolute atomic E-state index is 0.121. The summed E-state index contributed by atoms with van der Waals surface area (Å²) in [5, 5.41) is 4.21. The largest absolute Gasteiger partial charge is 0.487 e. The molecule has 2 aliphatic rings. The van der Waals surface area contributed by atoms with Crippen LogP contribution in [0.25, 0.3) is 5.70 Å². The van der Waals surface area contributed by atoms with Crippen molar-refractivity contribution in [1.29, 1.82) is 0 Å². The molecule has 3 aromatic rings. The number of carbonyl (C=O) groups is 2. The highest BCUT2D eigenvalue weighted by Crippen LogP contribution is 2.48. The molecular formula is C28H19Br2Cl2NO4. The molecule has 37 heavy (non-hydrogen) atoms. The van der Waals surface area contributed by atoms with Crippen molar-refractivity contribution in [1.82, 2.24) is 5.32 Å². The van der Waals surface area contributed by atoms with Crippen LogP contribution in [0.2, 0.25) is 10.0 Å². The third-order valence-electron chi connectivity index (χ3n) is 6.38. The number of Topliss-reactive ketones (excluding diaryl/α,β-unsaturated/α-hetero) is 1. The number of dihydropyridines is 1. The summed E-state index contributed by atoms with van der Waals surface area (Å²) in [6.45, 7) is 2.07. The molecular weight excluding hydrogens is 645 g/mol. The number of esters is 1. The molecule has 5 rings (SSSR count). The van der Waals surface area contributed by atoms with Crippen LogP contribution in [-0.4, -0.2) is 18.9 Å². The maximum absolute atomic E-state index is 13.6. The molecule has 1 heterocycles. The summed E-state index contributed by atoms with van der Waals surface area (Å²) in [5.41, 5.74) is 5.23. The van der Waals surface area contributed by atoms with Gasteiger partial charge in [-0.15, -0.1) is 0 Å². The van der Waals surface area contributed by atoms with Gasteiger partial charge in [-0.3, -0.25) is 4.79 Å². The van der Waals surface area contributed by atoms with Gasteiger partial charge < -0.3 is 14.8 Å². The summed E-state index contributed by atoms with van der Waals surface area (Å²) in [6, 6.07) is 16.5. The molecule has 0 amide bonds. The van der Waals surface area contributed by atoms with Gasteiger partial charge in [0, 0.05) is 28.3 Å². The van der Waals surface area contributed by atoms with Crippen molar-refractivity contribution in [3.05, 3.63) is 113 Å². The number of ether oxygens (including phenoxy) is 2. The number of halogens is 4. The molecule has 0 aromatic heterocycles. The number of methoxy groups -OCH3 is 1. The second-order valence-electron chi connectivity index (χ2n) is 8.60. The first-order chi connectivity index (χ1) is 17.7. The van der Waals surface area contributed by atoms with Crippen molar-refractivity contribution < 1.29 is 19.1 Å². The van der Waals surface area contributed by atoms with Crippen molar-refractivity contribution >= 4 is 72.5 Å². The van der Waals surface area contributed by atoms with Crippen LogP contribution >= 0.6 is 55.1 Å². The third-order valence-corrected chi connectivity index (χ3v) is 8.29. The summed E-state index contributed by atoms with van der Waals surface area (Å²) < 4.78 is 12.5. The molecule has 5 nitrogen and oxygen atoms in total. The lowest BCUT2D eigenvalue weighted by atomic mass is 9.80. The van der Waals surface area contributed by atoms with Crippen LogP contribution in [0.15, 0.2) is 80.4 Å². The lowest BCUT2D eigenvalue weighted by Crippen LogP contribution is -2.29. The number of rotatable bonds is 5. The molecule has 0 spiro atoms. The molecule has 3 aromatic carbocycles. The number of hydrogen-bond acceptors (Lipinski definition) is 5.